The van der Waals surface area contributed by atoms with Crippen molar-refractivity contribution in [3.8, 4) is 11.5 Å². The highest BCUT2D eigenvalue weighted by atomic mass is 16.5. The summed E-state index contributed by atoms with van der Waals surface area (Å²) in [6.45, 7) is 6.79. The van der Waals surface area contributed by atoms with Crippen LogP contribution in [0.2, 0.25) is 0 Å². The van der Waals surface area contributed by atoms with E-state index in [4.69, 9.17) is 9.47 Å². The third-order valence-corrected chi connectivity index (χ3v) is 6.03. The lowest BCUT2D eigenvalue weighted by molar-refractivity contribution is -0.129. The molecule has 1 aliphatic rings. The van der Waals surface area contributed by atoms with E-state index in [2.05, 4.69) is 13.8 Å². The van der Waals surface area contributed by atoms with Crippen LogP contribution < -0.4 is 9.47 Å². The molecule has 0 aromatic heterocycles. The number of carbonyl (C=O) groups is 2. The molecule has 0 radical (unpaired) electrons. The highest BCUT2D eigenvalue weighted by molar-refractivity contribution is 5.94. The zero-order valence-electron chi connectivity index (χ0n) is 20.5. The van der Waals surface area contributed by atoms with Crippen molar-refractivity contribution in [3.63, 3.8) is 0 Å². The van der Waals surface area contributed by atoms with Gasteiger partial charge in [-0.25, -0.2) is 0 Å². The Morgan fingerprint density at radius 3 is 2.41 bits per heavy atom. The van der Waals surface area contributed by atoms with Crippen LogP contribution in [0.3, 0.4) is 0 Å². The van der Waals surface area contributed by atoms with Gasteiger partial charge in [0.2, 0.25) is 5.91 Å². The van der Waals surface area contributed by atoms with Crippen molar-refractivity contribution in [1.29, 1.82) is 0 Å². The Hall–Kier alpha value is -3.28. The summed E-state index contributed by atoms with van der Waals surface area (Å²) >= 11 is 0. The van der Waals surface area contributed by atoms with E-state index in [0.717, 1.165) is 31.2 Å². The number of ether oxygens (including phenoxy) is 2. The number of hydrogen-bond acceptors (Lipinski definition) is 4. The number of amides is 2. The second-order valence-electron chi connectivity index (χ2n) is 8.51. The molecule has 2 amide bonds. The normalized spacial score (nSPS) is 14.3. The van der Waals surface area contributed by atoms with Gasteiger partial charge in [-0.05, 0) is 61.6 Å². The van der Waals surface area contributed by atoms with Crippen LogP contribution in [-0.4, -0.2) is 61.0 Å². The number of methoxy groups -OCH3 is 1. The number of hydrogen-bond donors (Lipinski definition) is 0. The third kappa shape index (κ3) is 6.62. The van der Waals surface area contributed by atoms with E-state index >= 15 is 0 Å². The Morgan fingerprint density at radius 2 is 1.76 bits per heavy atom. The Balaban J connectivity index is 1.62. The summed E-state index contributed by atoms with van der Waals surface area (Å²) in [5, 5.41) is 0. The lowest BCUT2D eigenvalue weighted by atomic mass is 10.0. The summed E-state index contributed by atoms with van der Waals surface area (Å²) in [4.78, 5) is 29.7. The summed E-state index contributed by atoms with van der Waals surface area (Å²) in [5.41, 5.74) is 1.60. The van der Waals surface area contributed by atoms with Crippen LogP contribution in [0.15, 0.2) is 54.6 Å². The molecule has 2 aromatic rings. The maximum atomic E-state index is 13.1. The molecule has 6 heteroatoms. The Labute approximate surface area is 203 Å². The lowest BCUT2D eigenvalue weighted by Gasteiger charge is -2.38. The molecule has 182 valence electrons. The average molecular weight is 465 g/mol. The van der Waals surface area contributed by atoms with E-state index in [0.29, 0.717) is 43.3 Å². The van der Waals surface area contributed by atoms with Crippen LogP contribution in [0, 0.1) is 0 Å². The fourth-order valence-electron chi connectivity index (χ4n) is 4.24. The second-order valence-corrected chi connectivity index (χ2v) is 8.51. The van der Waals surface area contributed by atoms with Gasteiger partial charge in [0.15, 0.2) is 11.5 Å². The van der Waals surface area contributed by atoms with Gasteiger partial charge in [-0.2, -0.15) is 0 Å². The Morgan fingerprint density at radius 1 is 1.03 bits per heavy atom. The lowest BCUT2D eigenvalue weighted by Crippen LogP contribution is -2.48. The molecule has 2 aromatic carbocycles. The highest BCUT2D eigenvalue weighted by Crippen LogP contribution is 2.29. The van der Waals surface area contributed by atoms with Crippen molar-refractivity contribution in [2.24, 2.45) is 0 Å². The summed E-state index contributed by atoms with van der Waals surface area (Å²) in [5.74, 6) is 1.42. The van der Waals surface area contributed by atoms with Gasteiger partial charge in [-0.1, -0.05) is 38.1 Å². The molecule has 1 heterocycles. The molecule has 1 aliphatic heterocycles. The monoisotopic (exact) mass is 464 g/mol. The molecule has 0 bridgehead atoms. The Bertz CT molecular complexity index is 966. The minimum absolute atomic E-state index is 0.0000349. The summed E-state index contributed by atoms with van der Waals surface area (Å²) < 4.78 is 11.2. The maximum absolute atomic E-state index is 13.1. The smallest absolute Gasteiger partial charge is 0.253 e. The van der Waals surface area contributed by atoms with Crippen LogP contribution in [0.4, 0.5) is 0 Å². The van der Waals surface area contributed by atoms with Gasteiger partial charge in [0.1, 0.15) is 0 Å². The molecule has 0 N–H and O–H groups in total. The van der Waals surface area contributed by atoms with Crippen molar-refractivity contribution in [3.05, 3.63) is 65.7 Å². The predicted octanol–water partition coefficient (Wildman–Crippen LogP) is 5.04. The predicted molar refractivity (Wildman–Crippen MR) is 135 cm³/mol. The third-order valence-electron chi connectivity index (χ3n) is 6.03. The molecule has 1 saturated heterocycles. The van der Waals surface area contributed by atoms with Gasteiger partial charge >= 0.3 is 0 Å². The van der Waals surface area contributed by atoms with Crippen molar-refractivity contribution in [2.75, 3.05) is 33.4 Å². The number of nitrogens with zero attached hydrogens (tertiary/aromatic N) is 2. The van der Waals surface area contributed by atoms with E-state index in [1.54, 1.807) is 13.2 Å². The van der Waals surface area contributed by atoms with Crippen LogP contribution in [-0.2, 0) is 4.79 Å². The van der Waals surface area contributed by atoms with Crippen LogP contribution in [0.25, 0.3) is 6.08 Å². The molecular weight excluding hydrogens is 428 g/mol. The molecule has 34 heavy (non-hydrogen) atoms. The van der Waals surface area contributed by atoms with Crippen molar-refractivity contribution < 1.29 is 19.1 Å². The van der Waals surface area contributed by atoms with Gasteiger partial charge in [-0.3, -0.25) is 9.59 Å². The minimum atomic E-state index is -0.0000349. The van der Waals surface area contributed by atoms with Crippen molar-refractivity contribution in [1.82, 2.24) is 9.80 Å². The number of piperidine rings is 1. The molecular formula is C28H36N2O4. The zero-order chi connectivity index (χ0) is 24.3. The summed E-state index contributed by atoms with van der Waals surface area (Å²) in [6, 6.07) is 15.2. The zero-order valence-corrected chi connectivity index (χ0v) is 20.5. The van der Waals surface area contributed by atoms with Crippen molar-refractivity contribution >= 4 is 17.9 Å². The molecule has 6 nitrogen and oxygen atoms in total. The standard InChI is InChI=1S/C28H36N2O4/c1-4-17-30(24-15-18-29(19-16-24)28(32)23-9-7-6-8-10-23)27(31)14-12-22-11-13-25(34-20-5-2)26(21-22)33-3/h6-14,21,24H,4-5,15-20H2,1-3H3/b14-12+. The summed E-state index contributed by atoms with van der Waals surface area (Å²) in [6.07, 6.45) is 6.85. The largest absolute Gasteiger partial charge is 0.493 e. The number of carbonyl (C=O) groups excluding carboxylic acids is 2. The fraction of sp³-hybridized carbons (Fsp3) is 0.429. The molecule has 0 atom stereocenters. The molecule has 1 fully saturated rings. The first-order valence-corrected chi connectivity index (χ1v) is 12.2. The first kappa shape index (κ1) is 25.3. The molecule has 0 aliphatic carbocycles. The van der Waals surface area contributed by atoms with E-state index in [-0.39, 0.29) is 17.9 Å². The molecule has 0 spiro atoms. The van der Waals surface area contributed by atoms with E-state index in [1.165, 1.54) is 0 Å². The average Bonchev–Trinajstić information content (AvgIpc) is 2.89. The topological polar surface area (TPSA) is 59.1 Å². The quantitative estimate of drug-likeness (QED) is 0.462. The summed E-state index contributed by atoms with van der Waals surface area (Å²) in [7, 11) is 1.62. The van der Waals surface area contributed by atoms with E-state index < -0.39 is 0 Å². The first-order chi connectivity index (χ1) is 16.6. The fourth-order valence-corrected chi connectivity index (χ4v) is 4.24. The number of likely N-dealkylation sites (tertiary alicyclic amines) is 1. The van der Waals surface area contributed by atoms with Gasteiger partial charge in [0.25, 0.3) is 5.91 Å². The van der Waals surface area contributed by atoms with E-state index in [1.807, 2.05) is 64.4 Å². The number of rotatable bonds is 10. The van der Waals surface area contributed by atoms with Crippen LogP contribution >= 0.6 is 0 Å². The van der Waals surface area contributed by atoms with Crippen molar-refractivity contribution in [2.45, 2.75) is 45.6 Å². The highest BCUT2D eigenvalue weighted by Gasteiger charge is 2.28. The van der Waals surface area contributed by atoms with Crippen LogP contribution in [0.5, 0.6) is 11.5 Å². The first-order valence-electron chi connectivity index (χ1n) is 12.2. The van der Waals surface area contributed by atoms with Gasteiger partial charge < -0.3 is 19.3 Å². The van der Waals surface area contributed by atoms with Gasteiger partial charge in [-0.15, -0.1) is 0 Å². The van der Waals surface area contributed by atoms with Gasteiger partial charge in [0.05, 0.1) is 13.7 Å². The maximum Gasteiger partial charge on any atom is 0.253 e. The number of benzene rings is 2. The SMILES string of the molecule is CCCOc1ccc(/C=C/C(=O)N(CCC)C2CCN(C(=O)c3ccccc3)CC2)cc1OC. The van der Waals surface area contributed by atoms with Crippen LogP contribution in [0.1, 0.15) is 55.5 Å². The molecule has 0 saturated carbocycles. The van der Waals surface area contributed by atoms with E-state index in [9.17, 15) is 9.59 Å². The minimum Gasteiger partial charge on any atom is -0.493 e. The second kappa shape index (κ2) is 12.8. The Kier molecular flexibility index (Phi) is 9.56. The molecule has 3 rings (SSSR count). The van der Waals surface area contributed by atoms with Gasteiger partial charge in [0, 0.05) is 37.3 Å². The molecule has 0 unspecified atom stereocenters.